The van der Waals surface area contributed by atoms with Gasteiger partial charge in [0.05, 0.1) is 39.4 Å². The number of hydrogen-bond acceptors (Lipinski definition) is 4. The molecule has 0 aromatic rings. The average Bonchev–Trinajstić information content (AvgIpc) is 2.49. The highest BCUT2D eigenvalue weighted by atomic mass is 16.5. The summed E-state index contributed by atoms with van der Waals surface area (Å²) >= 11 is 0. The Morgan fingerprint density at radius 1 is 0.625 bits per heavy atom. The maximum atomic E-state index is 10.6. The Bertz CT molecular complexity index is 273. The van der Waals surface area contributed by atoms with Crippen LogP contribution in [0.3, 0.4) is 0 Å². The van der Waals surface area contributed by atoms with Gasteiger partial charge in [-0.15, -0.1) is 0 Å². The highest BCUT2D eigenvalue weighted by Gasteiger charge is 2.22. The van der Waals surface area contributed by atoms with Crippen LogP contribution in [0.1, 0.15) is 73.6 Å². The number of nitrogens with zero attached hydrogens (tertiary/aromatic N) is 1. The molecule has 0 aromatic heterocycles. The summed E-state index contributed by atoms with van der Waals surface area (Å²) < 4.78 is 10.4. The molecule has 0 unspecified atom stereocenters. The highest BCUT2D eigenvalue weighted by molar-refractivity contribution is 5.91. The maximum absolute atomic E-state index is 10.6. The number of carbonyl (C=O) groups excluding carboxylic acids is 2. The van der Waals surface area contributed by atoms with Crippen LogP contribution in [0.4, 0.5) is 0 Å². The fourth-order valence-corrected chi connectivity index (χ4v) is 3.11. The normalized spacial score (nSPS) is 10.6. The number of esters is 2. The minimum Gasteiger partial charge on any atom is -0.466 e. The first-order valence-corrected chi connectivity index (χ1v) is 9.61. The minimum atomic E-state index is -0.536. The third kappa shape index (κ3) is 13.3. The van der Waals surface area contributed by atoms with Gasteiger partial charge in [0, 0.05) is 0 Å². The lowest BCUT2D eigenvalue weighted by Gasteiger charge is -2.38. The SMILES string of the molecule is CCC[N+](CCC)(CCC)CCC.CCOC(=O)CC(=O)OCC. The fraction of sp³-hybridized carbons (Fsp3) is 0.895. The topological polar surface area (TPSA) is 52.6 Å². The van der Waals surface area contributed by atoms with E-state index in [1.54, 1.807) is 13.8 Å². The van der Waals surface area contributed by atoms with Crippen LogP contribution in [-0.4, -0.2) is 55.8 Å². The zero-order valence-corrected chi connectivity index (χ0v) is 16.9. The summed E-state index contributed by atoms with van der Waals surface area (Å²) in [6.07, 6.45) is 5.04. The van der Waals surface area contributed by atoms with E-state index in [4.69, 9.17) is 0 Å². The van der Waals surface area contributed by atoms with Crippen LogP contribution in [0.2, 0.25) is 0 Å². The van der Waals surface area contributed by atoms with Crippen molar-refractivity contribution in [3.05, 3.63) is 0 Å². The van der Waals surface area contributed by atoms with Crippen LogP contribution in [0.15, 0.2) is 0 Å². The molecule has 0 N–H and O–H groups in total. The standard InChI is InChI=1S/C12H28N.C7H12O4/c1-5-9-13(10-6-2,11-7-3)12-8-4;1-3-10-6(8)5-7(9)11-4-2/h5-12H2,1-4H3;3-5H2,1-2H3/q+1;. The van der Waals surface area contributed by atoms with Gasteiger partial charge in [0.1, 0.15) is 6.42 Å². The molecule has 0 bridgehead atoms. The molecule has 0 saturated heterocycles. The van der Waals surface area contributed by atoms with Crippen molar-refractivity contribution in [3.8, 4) is 0 Å². The molecule has 0 aliphatic heterocycles. The predicted molar refractivity (Wildman–Crippen MR) is 98.8 cm³/mol. The molecule has 0 spiro atoms. The summed E-state index contributed by atoms with van der Waals surface area (Å²) in [5.41, 5.74) is 0. The second kappa shape index (κ2) is 16.7. The Balaban J connectivity index is 0. The van der Waals surface area contributed by atoms with Crippen molar-refractivity contribution in [2.75, 3.05) is 39.4 Å². The largest absolute Gasteiger partial charge is 0.466 e. The molecular formula is C19H40NO4+. The molecule has 0 saturated carbocycles. The first-order valence-electron chi connectivity index (χ1n) is 9.61. The zero-order valence-electron chi connectivity index (χ0n) is 16.9. The first-order chi connectivity index (χ1) is 11.4. The molecule has 5 nitrogen and oxygen atoms in total. The molecule has 0 radical (unpaired) electrons. The van der Waals surface area contributed by atoms with Gasteiger partial charge < -0.3 is 14.0 Å². The van der Waals surface area contributed by atoms with Gasteiger partial charge in [0.2, 0.25) is 0 Å². The molecule has 0 aliphatic rings. The van der Waals surface area contributed by atoms with Gasteiger partial charge in [-0.25, -0.2) is 0 Å². The monoisotopic (exact) mass is 346 g/mol. The third-order valence-corrected chi connectivity index (χ3v) is 3.69. The van der Waals surface area contributed by atoms with Crippen LogP contribution in [0, 0.1) is 0 Å². The van der Waals surface area contributed by atoms with Gasteiger partial charge in [-0.2, -0.15) is 0 Å². The Labute approximate surface area is 149 Å². The van der Waals surface area contributed by atoms with Crippen molar-refractivity contribution >= 4 is 11.9 Å². The molecule has 24 heavy (non-hydrogen) atoms. The van der Waals surface area contributed by atoms with Crippen LogP contribution >= 0.6 is 0 Å². The first kappa shape index (κ1) is 25.1. The lowest BCUT2D eigenvalue weighted by atomic mass is 10.2. The number of hydrogen-bond donors (Lipinski definition) is 0. The lowest BCUT2D eigenvalue weighted by molar-refractivity contribution is -0.928. The van der Waals surface area contributed by atoms with Gasteiger partial charge in [-0.05, 0) is 39.5 Å². The van der Waals surface area contributed by atoms with Crippen LogP contribution in [0.25, 0.3) is 0 Å². The summed E-state index contributed by atoms with van der Waals surface area (Å²) in [6.45, 7) is 18.7. The average molecular weight is 347 g/mol. The van der Waals surface area contributed by atoms with E-state index < -0.39 is 11.9 Å². The second-order valence-corrected chi connectivity index (χ2v) is 6.02. The van der Waals surface area contributed by atoms with E-state index in [-0.39, 0.29) is 19.6 Å². The smallest absolute Gasteiger partial charge is 0.317 e. The van der Waals surface area contributed by atoms with E-state index in [9.17, 15) is 9.59 Å². The van der Waals surface area contributed by atoms with Gasteiger partial charge in [-0.1, -0.05) is 27.7 Å². The number of quaternary nitrogens is 1. The molecule has 0 aromatic carbocycles. The summed E-state index contributed by atoms with van der Waals surface area (Å²) in [5.74, 6) is -1.07. The van der Waals surface area contributed by atoms with Crippen molar-refractivity contribution in [1.29, 1.82) is 0 Å². The Hall–Kier alpha value is -1.10. The highest BCUT2D eigenvalue weighted by Crippen LogP contribution is 2.12. The van der Waals surface area contributed by atoms with Gasteiger partial charge in [0.25, 0.3) is 0 Å². The molecule has 5 heteroatoms. The summed E-state index contributed by atoms with van der Waals surface area (Å²) in [6, 6.07) is 0. The number of ether oxygens (including phenoxy) is 2. The fourth-order valence-electron chi connectivity index (χ4n) is 3.11. The molecule has 0 atom stereocenters. The molecule has 0 aliphatic carbocycles. The van der Waals surface area contributed by atoms with Gasteiger partial charge in [-0.3, -0.25) is 9.59 Å². The maximum Gasteiger partial charge on any atom is 0.317 e. The van der Waals surface area contributed by atoms with E-state index in [1.165, 1.54) is 56.3 Å². The molecule has 0 heterocycles. The summed E-state index contributed by atoms with van der Waals surface area (Å²) in [4.78, 5) is 21.2. The quantitative estimate of drug-likeness (QED) is 0.305. The lowest BCUT2D eigenvalue weighted by Crippen LogP contribution is -2.50. The Kier molecular flexibility index (Phi) is 17.5. The zero-order chi connectivity index (χ0) is 18.8. The summed E-state index contributed by atoms with van der Waals surface area (Å²) in [5, 5.41) is 0. The van der Waals surface area contributed by atoms with Crippen molar-refractivity contribution in [2.45, 2.75) is 73.6 Å². The van der Waals surface area contributed by atoms with Crippen LogP contribution in [-0.2, 0) is 19.1 Å². The van der Waals surface area contributed by atoms with E-state index in [0.29, 0.717) is 0 Å². The van der Waals surface area contributed by atoms with E-state index in [1.807, 2.05) is 0 Å². The summed E-state index contributed by atoms with van der Waals surface area (Å²) in [7, 11) is 0. The minimum absolute atomic E-state index is 0.290. The number of carbonyl (C=O) groups is 2. The van der Waals surface area contributed by atoms with Crippen molar-refractivity contribution in [2.24, 2.45) is 0 Å². The van der Waals surface area contributed by atoms with Crippen LogP contribution in [0.5, 0.6) is 0 Å². The third-order valence-electron chi connectivity index (χ3n) is 3.69. The van der Waals surface area contributed by atoms with Gasteiger partial charge in [0.15, 0.2) is 0 Å². The van der Waals surface area contributed by atoms with Crippen molar-refractivity contribution in [1.82, 2.24) is 0 Å². The van der Waals surface area contributed by atoms with Crippen molar-refractivity contribution < 1.29 is 23.5 Å². The number of rotatable bonds is 12. The molecule has 0 fully saturated rings. The molecule has 0 amide bonds. The van der Waals surface area contributed by atoms with E-state index in [2.05, 4.69) is 37.2 Å². The van der Waals surface area contributed by atoms with E-state index in [0.717, 1.165) is 0 Å². The van der Waals surface area contributed by atoms with E-state index >= 15 is 0 Å². The second-order valence-electron chi connectivity index (χ2n) is 6.02. The predicted octanol–water partition coefficient (Wildman–Crippen LogP) is 3.95. The van der Waals surface area contributed by atoms with Crippen LogP contribution < -0.4 is 0 Å². The van der Waals surface area contributed by atoms with Crippen molar-refractivity contribution in [3.63, 3.8) is 0 Å². The molecular weight excluding hydrogens is 306 g/mol. The molecule has 0 rings (SSSR count). The molecule has 144 valence electrons. The Morgan fingerprint density at radius 3 is 1.12 bits per heavy atom. The van der Waals surface area contributed by atoms with Gasteiger partial charge >= 0.3 is 11.9 Å². The Morgan fingerprint density at radius 2 is 0.917 bits per heavy atom.